The fourth-order valence-corrected chi connectivity index (χ4v) is 2.34. The molecular formula is C16H20N2O3. The lowest BCUT2D eigenvalue weighted by Gasteiger charge is -2.30. The second-order valence-corrected chi connectivity index (χ2v) is 4.97. The number of likely N-dealkylation sites (N-methyl/N-ethyl adjacent to an activating group) is 1. The first-order valence-electron chi connectivity index (χ1n) is 6.96. The molecule has 1 amide bonds. The summed E-state index contributed by atoms with van der Waals surface area (Å²) in [6.45, 7) is 5.01. The van der Waals surface area contributed by atoms with E-state index in [1.165, 1.54) is 6.08 Å². The van der Waals surface area contributed by atoms with Crippen molar-refractivity contribution >= 4 is 17.7 Å². The van der Waals surface area contributed by atoms with Crippen molar-refractivity contribution in [3.8, 4) is 0 Å². The average molecular weight is 288 g/mol. The zero-order chi connectivity index (χ0) is 15.2. The van der Waals surface area contributed by atoms with Gasteiger partial charge in [-0.2, -0.15) is 0 Å². The number of nitrogens with zero attached hydrogens (tertiary/aromatic N) is 2. The molecule has 1 fully saturated rings. The van der Waals surface area contributed by atoms with Gasteiger partial charge in [0.2, 0.25) is 5.91 Å². The summed E-state index contributed by atoms with van der Waals surface area (Å²) >= 11 is 0. The SMILES string of the molecule is C=Cc1cccnc1/C(O)=C/C(=O)N(C)C1CCOCC1. The maximum atomic E-state index is 12.2. The van der Waals surface area contributed by atoms with E-state index in [0.29, 0.717) is 24.5 Å². The maximum Gasteiger partial charge on any atom is 0.250 e. The lowest BCUT2D eigenvalue weighted by Crippen LogP contribution is -2.39. The van der Waals surface area contributed by atoms with Gasteiger partial charge in [-0.3, -0.25) is 9.78 Å². The monoisotopic (exact) mass is 288 g/mol. The Hall–Kier alpha value is -2.14. The molecule has 0 unspecified atom stereocenters. The Labute approximate surface area is 124 Å². The van der Waals surface area contributed by atoms with Crippen LogP contribution in [0.15, 0.2) is 31.0 Å². The molecule has 112 valence electrons. The molecule has 0 radical (unpaired) electrons. The van der Waals surface area contributed by atoms with Crippen molar-refractivity contribution in [2.45, 2.75) is 18.9 Å². The van der Waals surface area contributed by atoms with Crippen LogP contribution in [-0.2, 0) is 9.53 Å². The van der Waals surface area contributed by atoms with Gasteiger partial charge in [0.15, 0.2) is 0 Å². The molecule has 0 spiro atoms. The molecule has 0 aromatic carbocycles. The number of pyridine rings is 1. The van der Waals surface area contributed by atoms with E-state index in [1.807, 2.05) is 0 Å². The van der Waals surface area contributed by atoms with Gasteiger partial charge < -0.3 is 14.7 Å². The summed E-state index contributed by atoms with van der Waals surface area (Å²) < 4.78 is 5.29. The van der Waals surface area contributed by atoms with Crippen molar-refractivity contribution in [3.63, 3.8) is 0 Å². The molecule has 1 aromatic heterocycles. The van der Waals surface area contributed by atoms with E-state index in [9.17, 15) is 9.90 Å². The Morgan fingerprint density at radius 1 is 1.52 bits per heavy atom. The van der Waals surface area contributed by atoms with Crippen LogP contribution < -0.4 is 0 Å². The van der Waals surface area contributed by atoms with Gasteiger partial charge in [-0.1, -0.05) is 18.7 Å². The zero-order valence-electron chi connectivity index (χ0n) is 12.2. The number of aliphatic hydroxyl groups excluding tert-OH is 1. The lowest BCUT2D eigenvalue weighted by atomic mass is 10.1. The van der Waals surface area contributed by atoms with E-state index in [2.05, 4.69) is 11.6 Å². The number of hydrogen-bond acceptors (Lipinski definition) is 4. The van der Waals surface area contributed by atoms with Crippen LogP contribution in [0.1, 0.15) is 24.1 Å². The Morgan fingerprint density at radius 3 is 2.90 bits per heavy atom. The van der Waals surface area contributed by atoms with Crippen LogP contribution in [0.3, 0.4) is 0 Å². The van der Waals surface area contributed by atoms with Crippen molar-refractivity contribution < 1.29 is 14.6 Å². The highest BCUT2D eigenvalue weighted by atomic mass is 16.5. The molecule has 1 aromatic rings. The molecule has 1 aliphatic heterocycles. The molecule has 0 aliphatic carbocycles. The number of rotatable bonds is 4. The van der Waals surface area contributed by atoms with Crippen LogP contribution in [0.5, 0.6) is 0 Å². The van der Waals surface area contributed by atoms with Crippen LogP contribution in [0.2, 0.25) is 0 Å². The highest BCUT2D eigenvalue weighted by Gasteiger charge is 2.22. The molecule has 5 nitrogen and oxygen atoms in total. The van der Waals surface area contributed by atoms with Gasteiger partial charge in [-0.05, 0) is 18.9 Å². The van der Waals surface area contributed by atoms with E-state index in [0.717, 1.165) is 12.8 Å². The van der Waals surface area contributed by atoms with Crippen molar-refractivity contribution in [1.82, 2.24) is 9.88 Å². The fourth-order valence-electron chi connectivity index (χ4n) is 2.34. The van der Waals surface area contributed by atoms with E-state index < -0.39 is 0 Å². The van der Waals surface area contributed by atoms with E-state index in [-0.39, 0.29) is 17.7 Å². The number of aromatic nitrogens is 1. The first-order valence-corrected chi connectivity index (χ1v) is 6.96. The minimum absolute atomic E-state index is 0.144. The largest absolute Gasteiger partial charge is 0.505 e. The van der Waals surface area contributed by atoms with Gasteiger partial charge in [0.05, 0.1) is 0 Å². The number of hydrogen-bond donors (Lipinski definition) is 1. The number of ether oxygens (including phenoxy) is 1. The average Bonchev–Trinajstić information content (AvgIpc) is 2.54. The quantitative estimate of drug-likeness (QED) is 0.682. The van der Waals surface area contributed by atoms with Gasteiger partial charge in [-0.15, -0.1) is 0 Å². The normalized spacial score (nSPS) is 16.5. The number of amides is 1. The molecule has 0 saturated carbocycles. The lowest BCUT2D eigenvalue weighted by molar-refractivity contribution is -0.128. The van der Waals surface area contributed by atoms with Gasteiger partial charge in [0.25, 0.3) is 0 Å². The third-order valence-corrected chi connectivity index (χ3v) is 3.65. The van der Waals surface area contributed by atoms with E-state index in [1.54, 1.807) is 36.4 Å². The minimum Gasteiger partial charge on any atom is -0.505 e. The summed E-state index contributed by atoms with van der Waals surface area (Å²) in [6.07, 6.45) is 6.01. The molecule has 1 N–H and O–H groups in total. The van der Waals surface area contributed by atoms with Crippen molar-refractivity contribution in [1.29, 1.82) is 0 Å². The van der Waals surface area contributed by atoms with Gasteiger partial charge in [0.1, 0.15) is 11.5 Å². The molecule has 1 aliphatic rings. The molecule has 0 bridgehead atoms. The number of carbonyl (C=O) groups is 1. The van der Waals surface area contributed by atoms with Crippen LogP contribution >= 0.6 is 0 Å². The summed E-state index contributed by atoms with van der Waals surface area (Å²) in [7, 11) is 1.74. The number of carbonyl (C=O) groups excluding carboxylic acids is 1. The van der Waals surface area contributed by atoms with E-state index in [4.69, 9.17) is 4.74 Å². The third-order valence-electron chi connectivity index (χ3n) is 3.65. The van der Waals surface area contributed by atoms with Crippen LogP contribution in [0, 0.1) is 0 Å². The fraction of sp³-hybridized carbons (Fsp3) is 0.375. The highest BCUT2D eigenvalue weighted by Crippen LogP contribution is 2.17. The Morgan fingerprint density at radius 2 is 2.24 bits per heavy atom. The molecule has 0 atom stereocenters. The summed E-state index contributed by atoms with van der Waals surface area (Å²) in [5.74, 6) is -0.380. The van der Waals surface area contributed by atoms with E-state index >= 15 is 0 Å². The van der Waals surface area contributed by atoms with Crippen LogP contribution in [0.25, 0.3) is 11.8 Å². The van der Waals surface area contributed by atoms with Crippen molar-refractivity contribution in [3.05, 3.63) is 42.2 Å². The van der Waals surface area contributed by atoms with Gasteiger partial charge in [-0.25, -0.2) is 0 Å². The second-order valence-electron chi connectivity index (χ2n) is 4.97. The minimum atomic E-state index is -0.236. The highest BCUT2D eigenvalue weighted by molar-refractivity contribution is 5.94. The Kier molecular flexibility index (Phi) is 5.11. The van der Waals surface area contributed by atoms with Gasteiger partial charge >= 0.3 is 0 Å². The second kappa shape index (κ2) is 7.04. The van der Waals surface area contributed by atoms with Gasteiger partial charge in [0, 0.05) is 44.1 Å². The summed E-state index contributed by atoms with van der Waals surface area (Å²) in [5.41, 5.74) is 1.05. The molecule has 2 heterocycles. The Balaban J connectivity index is 2.13. The predicted molar refractivity (Wildman–Crippen MR) is 81.5 cm³/mol. The zero-order valence-corrected chi connectivity index (χ0v) is 12.2. The standard InChI is InChI=1S/C16H20N2O3/c1-3-12-5-4-8-17-16(12)14(19)11-15(20)18(2)13-6-9-21-10-7-13/h3-5,8,11,13,19H,1,6-7,9-10H2,2H3/b14-11-. The third kappa shape index (κ3) is 3.70. The molecule has 21 heavy (non-hydrogen) atoms. The van der Waals surface area contributed by atoms with Crippen LogP contribution in [0.4, 0.5) is 0 Å². The van der Waals surface area contributed by atoms with Crippen molar-refractivity contribution in [2.75, 3.05) is 20.3 Å². The first-order chi connectivity index (χ1) is 10.1. The number of aliphatic hydroxyl groups is 1. The Bertz CT molecular complexity index is 548. The summed E-state index contributed by atoms with van der Waals surface area (Å²) in [6, 6.07) is 3.69. The molecule has 1 saturated heterocycles. The predicted octanol–water partition coefficient (Wildman–Crippen LogP) is 2.26. The molecule has 5 heteroatoms. The van der Waals surface area contributed by atoms with Crippen molar-refractivity contribution in [2.24, 2.45) is 0 Å². The molecular weight excluding hydrogens is 268 g/mol. The first kappa shape index (κ1) is 15.3. The topological polar surface area (TPSA) is 62.7 Å². The van der Waals surface area contributed by atoms with Crippen LogP contribution in [-0.4, -0.2) is 47.2 Å². The summed E-state index contributed by atoms with van der Waals surface area (Å²) in [5, 5.41) is 10.1. The smallest absolute Gasteiger partial charge is 0.250 e. The summed E-state index contributed by atoms with van der Waals surface area (Å²) in [4.78, 5) is 18.0. The molecule has 2 rings (SSSR count). The maximum absolute atomic E-state index is 12.2.